The van der Waals surface area contributed by atoms with Crippen molar-refractivity contribution in [1.29, 1.82) is 0 Å². The predicted molar refractivity (Wildman–Crippen MR) is 315 cm³/mol. The van der Waals surface area contributed by atoms with Crippen molar-refractivity contribution in [3.05, 3.63) is 146 Å². The second-order valence-electron chi connectivity index (χ2n) is 18.8. The highest BCUT2D eigenvalue weighted by molar-refractivity contribution is 5.71. The van der Waals surface area contributed by atoms with E-state index in [2.05, 4.69) is 161 Å². The highest BCUT2D eigenvalue weighted by atomic mass is 16.6. The smallest absolute Gasteiger partial charge is 0.306 e. The molecule has 0 spiro atoms. The Morgan fingerprint density at radius 2 is 0.562 bits per heavy atom. The van der Waals surface area contributed by atoms with E-state index in [4.69, 9.17) is 14.2 Å². The topological polar surface area (TPSA) is 78.9 Å². The second-order valence-corrected chi connectivity index (χ2v) is 18.8. The van der Waals surface area contributed by atoms with Gasteiger partial charge in [0.25, 0.3) is 0 Å². The number of rotatable bonds is 51. The lowest BCUT2D eigenvalue weighted by molar-refractivity contribution is -0.166. The highest BCUT2D eigenvalue weighted by Gasteiger charge is 2.19. The first kappa shape index (κ1) is 68.3. The summed E-state index contributed by atoms with van der Waals surface area (Å²) in [5.41, 5.74) is 0. The number of carbonyl (C=O) groups excluding carboxylic acids is 3. The average molecular weight is 1010 g/mol. The van der Waals surface area contributed by atoms with Gasteiger partial charge in [0, 0.05) is 19.3 Å². The van der Waals surface area contributed by atoms with Crippen LogP contribution in [-0.4, -0.2) is 37.2 Å². The normalized spacial score (nSPS) is 13.2. The largest absolute Gasteiger partial charge is 0.462 e. The third-order valence-corrected chi connectivity index (χ3v) is 11.8. The van der Waals surface area contributed by atoms with Gasteiger partial charge in [-0.3, -0.25) is 14.4 Å². The third kappa shape index (κ3) is 58.1. The van der Waals surface area contributed by atoms with E-state index in [0.29, 0.717) is 19.3 Å². The van der Waals surface area contributed by atoms with Crippen molar-refractivity contribution < 1.29 is 28.6 Å². The molecule has 0 aromatic rings. The van der Waals surface area contributed by atoms with E-state index in [9.17, 15) is 14.4 Å². The number of hydrogen-bond donors (Lipinski definition) is 0. The molecule has 0 unspecified atom stereocenters. The van der Waals surface area contributed by atoms with Crippen LogP contribution in [0.3, 0.4) is 0 Å². The lowest BCUT2D eigenvalue weighted by atomic mass is 10.1. The summed E-state index contributed by atoms with van der Waals surface area (Å²) >= 11 is 0. The molecule has 0 fully saturated rings. The molecule has 0 heterocycles. The minimum atomic E-state index is -0.837. The Balaban J connectivity index is 4.60. The van der Waals surface area contributed by atoms with Gasteiger partial charge in [0.2, 0.25) is 0 Å². The van der Waals surface area contributed by atoms with Crippen LogP contribution >= 0.6 is 0 Å². The number of hydrogen-bond acceptors (Lipinski definition) is 6. The van der Waals surface area contributed by atoms with Gasteiger partial charge in [0.1, 0.15) is 13.2 Å². The van der Waals surface area contributed by atoms with E-state index < -0.39 is 6.10 Å². The second kappa shape index (κ2) is 59.8. The van der Waals surface area contributed by atoms with Crippen LogP contribution in [0.1, 0.15) is 239 Å². The first-order chi connectivity index (χ1) is 36.0. The van der Waals surface area contributed by atoms with Crippen molar-refractivity contribution in [3.8, 4) is 0 Å². The van der Waals surface area contributed by atoms with E-state index in [-0.39, 0.29) is 44.0 Å². The minimum absolute atomic E-state index is 0.124. The molecule has 410 valence electrons. The first-order valence-electron chi connectivity index (χ1n) is 29.3. The molecular formula is C67H106O6. The van der Waals surface area contributed by atoms with Crippen molar-refractivity contribution >= 4 is 17.9 Å². The summed E-state index contributed by atoms with van der Waals surface area (Å²) in [7, 11) is 0. The fourth-order valence-corrected chi connectivity index (χ4v) is 7.42. The molecule has 1 atom stereocenters. The van der Waals surface area contributed by atoms with Crippen LogP contribution in [0.4, 0.5) is 0 Å². The van der Waals surface area contributed by atoms with Gasteiger partial charge >= 0.3 is 17.9 Å². The molecule has 0 saturated heterocycles. The van der Waals surface area contributed by atoms with E-state index in [1.165, 1.54) is 77.0 Å². The molecule has 0 N–H and O–H groups in total. The summed E-state index contributed by atoms with van der Waals surface area (Å²) in [4.78, 5) is 38.2. The van der Waals surface area contributed by atoms with Crippen LogP contribution in [0.2, 0.25) is 0 Å². The Hall–Kier alpha value is -4.71. The highest BCUT2D eigenvalue weighted by Crippen LogP contribution is 2.13. The molecular weight excluding hydrogens is 901 g/mol. The average Bonchev–Trinajstić information content (AvgIpc) is 3.39. The molecule has 0 saturated carbocycles. The van der Waals surface area contributed by atoms with E-state index >= 15 is 0 Å². The van der Waals surface area contributed by atoms with E-state index in [1.54, 1.807) is 0 Å². The molecule has 6 nitrogen and oxygen atoms in total. The zero-order valence-electron chi connectivity index (χ0n) is 46.8. The first-order valence-corrected chi connectivity index (χ1v) is 29.3. The van der Waals surface area contributed by atoms with Gasteiger partial charge in [-0.2, -0.15) is 0 Å². The molecule has 0 bridgehead atoms. The Morgan fingerprint density at radius 3 is 0.932 bits per heavy atom. The van der Waals surface area contributed by atoms with Crippen molar-refractivity contribution in [1.82, 2.24) is 0 Å². The monoisotopic (exact) mass is 1010 g/mol. The predicted octanol–water partition coefficient (Wildman–Crippen LogP) is 20.0. The minimum Gasteiger partial charge on any atom is -0.462 e. The maximum Gasteiger partial charge on any atom is 0.306 e. The summed E-state index contributed by atoms with van der Waals surface area (Å²) in [6.45, 7) is 6.36. The lowest BCUT2D eigenvalue weighted by Crippen LogP contribution is -2.30. The quantitative estimate of drug-likeness (QED) is 0.0261. The van der Waals surface area contributed by atoms with E-state index in [1.807, 2.05) is 6.08 Å². The Kier molecular flexibility index (Phi) is 56.0. The summed E-state index contributed by atoms with van der Waals surface area (Å²) in [5.74, 6) is -1.06. The maximum absolute atomic E-state index is 12.9. The fourth-order valence-electron chi connectivity index (χ4n) is 7.42. The summed E-state index contributed by atoms with van der Waals surface area (Å²) < 4.78 is 16.8. The molecule has 0 aliphatic carbocycles. The zero-order chi connectivity index (χ0) is 52.9. The number of esters is 3. The van der Waals surface area contributed by atoms with Gasteiger partial charge in [0.15, 0.2) is 6.10 Å². The maximum atomic E-state index is 12.9. The van der Waals surface area contributed by atoms with Crippen LogP contribution < -0.4 is 0 Å². The van der Waals surface area contributed by atoms with Crippen LogP contribution in [0.15, 0.2) is 146 Å². The van der Waals surface area contributed by atoms with Crippen molar-refractivity contribution in [2.75, 3.05) is 13.2 Å². The SMILES string of the molecule is CC/C=C\C/C=C\C/C=C\C/C=C\C/C=C\CCCCCC(=O)O[C@H](COC(=O)CC/C=C\C/C=C\C/C=C\C/C=C\C/C=C\CCCCC)COC(=O)CCCCCCCCC/C=C\C/C=C\CCCCC. The van der Waals surface area contributed by atoms with Gasteiger partial charge in [-0.1, -0.05) is 231 Å². The van der Waals surface area contributed by atoms with Gasteiger partial charge in [-0.15, -0.1) is 0 Å². The Bertz CT molecular complexity index is 1630. The van der Waals surface area contributed by atoms with Crippen molar-refractivity contribution in [3.63, 3.8) is 0 Å². The van der Waals surface area contributed by atoms with E-state index in [0.717, 1.165) is 109 Å². The van der Waals surface area contributed by atoms with Gasteiger partial charge in [-0.25, -0.2) is 0 Å². The molecule has 6 heteroatoms. The Labute approximate surface area is 448 Å². The molecule has 0 aliphatic heterocycles. The summed E-state index contributed by atoms with van der Waals surface area (Å²) in [6.07, 6.45) is 85.6. The standard InChI is InChI=1S/C67H106O6/c1-4-7-10-13-16-19-22-25-28-31-33-36-39-42-45-48-51-54-57-60-66(69)72-63-64(62-71-65(68)59-56-53-50-47-44-41-38-35-30-27-24-21-18-15-12-9-6-3)73-67(70)61-58-55-52-49-46-43-40-37-34-32-29-26-23-20-17-14-11-8-5-2/h8,11,16-21,25-30,33-34,36-37,42-43,45-46,51,54,64H,4-7,9-10,12-15,22-24,31-32,35,38-41,44,47-50,52-53,55-63H2,1-3H3/b11-8-,19-16-,20-17-,21-18-,28-25-,29-26-,30-27-,36-33-,37-34-,45-42-,46-43-,54-51-/t64-/m0/s1. The fraction of sp³-hybridized carbons (Fsp3) is 0.597. The van der Waals surface area contributed by atoms with Crippen molar-refractivity contribution in [2.24, 2.45) is 0 Å². The lowest BCUT2D eigenvalue weighted by Gasteiger charge is -2.18. The molecule has 0 aromatic heterocycles. The molecule has 0 aromatic carbocycles. The Morgan fingerprint density at radius 1 is 0.288 bits per heavy atom. The molecule has 0 radical (unpaired) electrons. The van der Waals surface area contributed by atoms with Crippen molar-refractivity contribution in [2.45, 2.75) is 245 Å². The number of ether oxygens (including phenoxy) is 3. The van der Waals surface area contributed by atoms with Gasteiger partial charge in [0.05, 0.1) is 0 Å². The van der Waals surface area contributed by atoms with Crippen LogP contribution in [0.5, 0.6) is 0 Å². The third-order valence-electron chi connectivity index (χ3n) is 11.8. The zero-order valence-corrected chi connectivity index (χ0v) is 46.8. The van der Waals surface area contributed by atoms with Crippen LogP contribution in [-0.2, 0) is 28.6 Å². The summed E-state index contributed by atoms with van der Waals surface area (Å²) in [6, 6.07) is 0. The van der Waals surface area contributed by atoms with Crippen LogP contribution in [0.25, 0.3) is 0 Å². The van der Waals surface area contributed by atoms with Crippen LogP contribution in [0, 0.1) is 0 Å². The van der Waals surface area contributed by atoms with Gasteiger partial charge < -0.3 is 14.2 Å². The molecule has 0 amide bonds. The summed E-state index contributed by atoms with van der Waals surface area (Å²) in [5, 5.41) is 0. The number of carbonyl (C=O) groups is 3. The molecule has 0 aliphatic rings. The number of unbranched alkanes of at least 4 members (excludes halogenated alkanes) is 16. The molecule has 73 heavy (non-hydrogen) atoms. The number of allylic oxidation sites excluding steroid dienone is 24. The van der Waals surface area contributed by atoms with Gasteiger partial charge in [-0.05, 0) is 135 Å². The molecule has 0 rings (SSSR count).